The summed E-state index contributed by atoms with van der Waals surface area (Å²) >= 11 is 0. The second kappa shape index (κ2) is 18.3. The first-order valence-electron chi connectivity index (χ1n) is 21.2. The number of aromatic nitrogens is 4. The summed E-state index contributed by atoms with van der Waals surface area (Å²) in [6.45, 7) is 4.97. The van der Waals surface area contributed by atoms with Crippen molar-refractivity contribution in [3.63, 3.8) is 0 Å². The number of carbonyl (C=O) groups is 4. The summed E-state index contributed by atoms with van der Waals surface area (Å²) in [6, 6.07) is 28.8. The molecule has 320 valence electrons. The molecule has 62 heavy (non-hydrogen) atoms. The van der Waals surface area contributed by atoms with Crippen molar-refractivity contribution in [2.45, 2.75) is 70.1 Å². The smallest absolute Gasteiger partial charge is 0.407 e. The Hall–Kier alpha value is -6.96. The fourth-order valence-corrected chi connectivity index (χ4v) is 8.70. The lowest BCUT2D eigenvalue weighted by atomic mass is 9.98. The molecule has 0 saturated carbocycles. The Labute approximate surface area is 360 Å². The molecule has 6 aromatic rings. The Kier molecular flexibility index (Phi) is 12.4. The van der Waals surface area contributed by atoms with Crippen LogP contribution in [0.15, 0.2) is 103 Å². The van der Waals surface area contributed by atoms with E-state index in [-0.39, 0.29) is 29.8 Å². The SMILES string of the molecule is COC(=O)NC(C(=O)N1CCC[C@H]1c1ncc(-c2ccc3cc(-c4ccc(-c5cnc([C@@H]6CCCN6C(=O)[C@@H](Cc6ccccc6)NC(=O)OC)[nH]5)cc4)ccc3c2)[nH]1)C(C)C. The van der Waals surface area contributed by atoms with Gasteiger partial charge < -0.3 is 39.9 Å². The zero-order valence-electron chi connectivity index (χ0n) is 35.4. The van der Waals surface area contributed by atoms with Crippen LogP contribution in [0.5, 0.6) is 0 Å². The first-order chi connectivity index (χ1) is 30.1. The van der Waals surface area contributed by atoms with Crippen molar-refractivity contribution in [2.24, 2.45) is 5.92 Å². The molecule has 2 fully saturated rings. The fourth-order valence-electron chi connectivity index (χ4n) is 8.70. The molecule has 1 unspecified atom stereocenters. The zero-order valence-corrected chi connectivity index (χ0v) is 35.4. The van der Waals surface area contributed by atoms with Gasteiger partial charge in [-0.2, -0.15) is 0 Å². The number of nitrogens with one attached hydrogen (secondary N) is 4. The van der Waals surface area contributed by atoms with Gasteiger partial charge in [-0.3, -0.25) is 9.59 Å². The van der Waals surface area contributed by atoms with Gasteiger partial charge in [-0.25, -0.2) is 19.6 Å². The van der Waals surface area contributed by atoms with Crippen molar-refractivity contribution in [1.82, 2.24) is 40.4 Å². The lowest BCUT2D eigenvalue weighted by Crippen LogP contribution is -2.51. The number of alkyl carbamates (subject to hydrolysis) is 2. The molecule has 0 spiro atoms. The van der Waals surface area contributed by atoms with Gasteiger partial charge in [0.2, 0.25) is 11.8 Å². The van der Waals surface area contributed by atoms with Gasteiger partial charge in [0, 0.05) is 25.1 Å². The van der Waals surface area contributed by atoms with Crippen molar-refractivity contribution in [2.75, 3.05) is 27.3 Å². The van der Waals surface area contributed by atoms with Crippen LogP contribution in [0.4, 0.5) is 9.59 Å². The van der Waals surface area contributed by atoms with Crippen LogP contribution in [0.3, 0.4) is 0 Å². The van der Waals surface area contributed by atoms with Gasteiger partial charge in [0.15, 0.2) is 0 Å². The monoisotopic (exact) mass is 836 g/mol. The van der Waals surface area contributed by atoms with Crippen molar-refractivity contribution in [1.29, 1.82) is 0 Å². The largest absolute Gasteiger partial charge is 0.453 e. The molecule has 4 aromatic carbocycles. The number of hydrogen-bond donors (Lipinski definition) is 4. The summed E-state index contributed by atoms with van der Waals surface area (Å²) in [7, 11) is 2.59. The number of rotatable bonds is 12. The molecule has 8 rings (SSSR count). The molecule has 4 heterocycles. The third-order valence-corrected chi connectivity index (χ3v) is 12.0. The highest BCUT2D eigenvalue weighted by Crippen LogP contribution is 2.35. The van der Waals surface area contributed by atoms with E-state index in [0.29, 0.717) is 25.3 Å². The number of aromatic amines is 2. The van der Waals surface area contributed by atoms with Crippen LogP contribution in [-0.2, 0) is 25.5 Å². The van der Waals surface area contributed by atoms with Gasteiger partial charge >= 0.3 is 12.2 Å². The van der Waals surface area contributed by atoms with Crippen molar-refractivity contribution in [3.8, 4) is 33.6 Å². The predicted molar refractivity (Wildman–Crippen MR) is 236 cm³/mol. The second-order valence-electron chi connectivity index (χ2n) is 16.3. The summed E-state index contributed by atoms with van der Waals surface area (Å²) < 4.78 is 9.62. The van der Waals surface area contributed by atoms with Crippen LogP contribution >= 0.6 is 0 Å². The average molecular weight is 837 g/mol. The van der Waals surface area contributed by atoms with E-state index < -0.39 is 24.3 Å². The maximum absolute atomic E-state index is 13.9. The minimum Gasteiger partial charge on any atom is -0.453 e. The van der Waals surface area contributed by atoms with Crippen LogP contribution in [0.25, 0.3) is 44.4 Å². The Balaban J connectivity index is 0.934. The molecule has 0 bridgehead atoms. The van der Waals surface area contributed by atoms with Crippen LogP contribution in [0.2, 0.25) is 0 Å². The molecular weight excluding hydrogens is 785 g/mol. The number of nitrogens with zero attached hydrogens (tertiary/aromatic N) is 4. The highest BCUT2D eigenvalue weighted by molar-refractivity contribution is 5.91. The standard InChI is InChI=1S/C48H52N8O6/c1-29(2)42(54-48(60)62-4)46(58)56-23-9-13-41(56)44-50-28-39(52-44)36-21-20-34-25-33(18-19-35(34)26-36)31-14-16-32(17-15-31)38-27-49-43(51-38)40-12-8-22-55(40)45(57)37(53-47(59)61-3)24-30-10-6-5-7-11-30/h5-7,10-11,14-21,25-29,37,40-42H,8-9,12-13,22-24H2,1-4H3,(H,49,51)(H,50,52)(H,53,59)(H,54,60)/t37-,40+,41+,42?/m1/s1. The summed E-state index contributed by atoms with van der Waals surface area (Å²) in [5.41, 5.74) is 6.79. The number of methoxy groups -OCH3 is 2. The Bertz CT molecular complexity index is 2550. The molecule has 2 aliphatic rings. The van der Waals surface area contributed by atoms with Crippen molar-refractivity contribution >= 4 is 34.8 Å². The van der Waals surface area contributed by atoms with Gasteiger partial charge in [0.05, 0.1) is 50.1 Å². The Morgan fingerprint density at radius 1 is 0.661 bits per heavy atom. The number of H-pyrrole nitrogens is 2. The summed E-state index contributed by atoms with van der Waals surface area (Å²) in [5.74, 6) is 1.03. The molecular formula is C48H52N8O6. The maximum Gasteiger partial charge on any atom is 0.407 e. The van der Waals surface area contributed by atoms with Crippen LogP contribution < -0.4 is 10.6 Å². The zero-order chi connectivity index (χ0) is 43.3. The third kappa shape index (κ3) is 8.90. The topological polar surface area (TPSA) is 175 Å². The molecule has 0 aliphatic carbocycles. The lowest BCUT2D eigenvalue weighted by Gasteiger charge is -2.30. The quantitative estimate of drug-likeness (QED) is 0.0961. The van der Waals surface area contributed by atoms with Gasteiger partial charge in [-0.15, -0.1) is 0 Å². The fraction of sp³-hybridized carbons (Fsp3) is 0.333. The molecule has 2 saturated heterocycles. The van der Waals surface area contributed by atoms with Crippen LogP contribution in [-0.4, -0.2) is 93.1 Å². The molecule has 4 N–H and O–H groups in total. The Morgan fingerprint density at radius 2 is 1.18 bits per heavy atom. The summed E-state index contributed by atoms with van der Waals surface area (Å²) in [6.07, 6.45) is 5.93. The highest BCUT2D eigenvalue weighted by Gasteiger charge is 2.38. The number of likely N-dealkylation sites (tertiary alicyclic amines) is 2. The van der Waals surface area contributed by atoms with E-state index in [1.165, 1.54) is 14.2 Å². The minimum atomic E-state index is -0.772. The van der Waals surface area contributed by atoms with Gasteiger partial charge in [-0.1, -0.05) is 92.7 Å². The van der Waals surface area contributed by atoms with E-state index in [1.807, 2.05) is 66.4 Å². The van der Waals surface area contributed by atoms with Gasteiger partial charge in [0.25, 0.3) is 0 Å². The van der Waals surface area contributed by atoms with Gasteiger partial charge in [0.1, 0.15) is 23.7 Å². The Morgan fingerprint density at radius 3 is 1.77 bits per heavy atom. The number of ether oxygens (including phenoxy) is 2. The van der Waals surface area contributed by atoms with E-state index in [2.05, 4.69) is 81.3 Å². The first-order valence-corrected chi connectivity index (χ1v) is 21.2. The lowest BCUT2D eigenvalue weighted by molar-refractivity contribution is -0.135. The van der Waals surface area contributed by atoms with Gasteiger partial charge in [-0.05, 0) is 76.8 Å². The van der Waals surface area contributed by atoms with E-state index in [0.717, 1.165) is 81.5 Å². The molecule has 14 heteroatoms. The number of benzene rings is 4. The van der Waals surface area contributed by atoms with Crippen LogP contribution in [0, 0.1) is 5.92 Å². The van der Waals surface area contributed by atoms with Crippen molar-refractivity contribution < 1.29 is 28.7 Å². The van der Waals surface area contributed by atoms with E-state index in [1.54, 1.807) is 0 Å². The molecule has 0 radical (unpaired) electrons. The number of fused-ring (bicyclic) bond motifs is 1. The third-order valence-electron chi connectivity index (χ3n) is 12.0. The molecule has 14 nitrogen and oxygen atoms in total. The number of amides is 4. The summed E-state index contributed by atoms with van der Waals surface area (Å²) in [5, 5.41) is 7.64. The first kappa shape index (κ1) is 41.8. The highest BCUT2D eigenvalue weighted by atomic mass is 16.5. The van der Waals surface area contributed by atoms with Crippen LogP contribution in [0.1, 0.15) is 68.8 Å². The molecule has 2 aromatic heterocycles. The average Bonchev–Trinajstić information content (AvgIpc) is 4.15. The maximum atomic E-state index is 13.9. The second-order valence-corrected chi connectivity index (χ2v) is 16.3. The number of hydrogen-bond acceptors (Lipinski definition) is 8. The molecule has 4 atom stereocenters. The molecule has 4 amide bonds. The van der Waals surface area contributed by atoms with E-state index >= 15 is 0 Å². The minimum absolute atomic E-state index is 0.108. The normalized spacial score (nSPS) is 17.2. The molecule has 2 aliphatic heterocycles. The van der Waals surface area contributed by atoms with E-state index in [9.17, 15) is 19.2 Å². The van der Waals surface area contributed by atoms with E-state index in [4.69, 9.17) is 19.4 Å². The summed E-state index contributed by atoms with van der Waals surface area (Å²) in [4.78, 5) is 71.8. The number of carbonyl (C=O) groups excluding carboxylic acids is 4. The predicted octanol–water partition coefficient (Wildman–Crippen LogP) is 7.96. The van der Waals surface area contributed by atoms with Crippen molar-refractivity contribution in [3.05, 3.63) is 121 Å². The number of imidazole rings is 2.